The van der Waals surface area contributed by atoms with Crippen LogP contribution in [0.5, 0.6) is 0 Å². The predicted molar refractivity (Wildman–Crippen MR) is 48.8 cm³/mol. The summed E-state index contributed by atoms with van der Waals surface area (Å²) in [5, 5.41) is 11.1. The average Bonchev–Trinajstić information content (AvgIpc) is 2.90. The molecule has 0 radical (unpaired) electrons. The predicted octanol–water partition coefficient (Wildman–Crippen LogP) is 0.619. The lowest BCUT2D eigenvalue weighted by molar-refractivity contribution is -0.138. The number of carboxylic acid groups (broad SMARTS) is 1. The van der Waals surface area contributed by atoms with Crippen molar-refractivity contribution in [1.82, 2.24) is 5.32 Å². The van der Waals surface area contributed by atoms with Crippen molar-refractivity contribution in [1.29, 1.82) is 0 Å². The molecule has 0 unspecified atom stereocenters. The fourth-order valence-electron chi connectivity index (χ4n) is 1.18. The van der Waals surface area contributed by atoms with Crippen molar-refractivity contribution in [2.75, 3.05) is 13.2 Å². The highest BCUT2D eigenvalue weighted by molar-refractivity contribution is 5.74. The summed E-state index contributed by atoms with van der Waals surface area (Å²) in [6.07, 6.45) is 1.58. The average molecular weight is 199 g/mol. The molecule has 78 valence electrons. The lowest BCUT2D eigenvalue weighted by atomic mass is 10.3. The van der Waals surface area contributed by atoms with Gasteiger partial charge in [-0.05, 0) is 12.3 Å². The third-order valence-electron chi connectivity index (χ3n) is 2.08. The van der Waals surface area contributed by atoms with Gasteiger partial charge in [0.1, 0.15) is 6.61 Å². The summed E-state index contributed by atoms with van der Waals surface area (Å²) in [4.78, 5) is 21.3. The van der Waals surface area contributed by atoms with E-state index in [4.69, 9.17) is 5.11 Å². The van der Waals surface area contributed by atoms with Crippen LogP contribution in [-0.4, -0.2) is 30.3 Å². The maximum absolute atomic E-state index is 10.9. The van der Waals surface area contributed by atoms with Crippen LogP contribution < -0.4 is 5.32 Å². The fourth-order valence-corrected chi connectivity index (χ4v) is 1.18. The Balaban J connectivity index is 2.07. The quantitative estimate of drug-likeness (QED) is 0.636. The van der Waals surface area contributed by atoms with Crippen LogP contribution in [-0.2, 0) is 9.53 Å². The second kappa shape index (κ2) is 4.64. The first kappa shape index (κ1) is 10.6. The van der Waals surface area contributed by atoms with E-state index >= 15 is 0 Å². The number of hydrogen-bond acceptors (Lipinski definition) is 3. The molecule has 1 fully saturated rings. The summed E-state index contributed by atoms with van der Waals surface area (Å²) in [6.45, 7) is 3.93. The molecule has 14 heavy (non-hydrogen) atoms. The lowest BCUT2D eigenvalue weighted by Gasteiger charge is -2.03. The first-order valence-corrected chi connectivity index (χ1v) is 4.39. The molecule has 2 N–H and O–H groups in total. The molecule has 0 aliphatic heterocycles. The van der Waals surface area contributed by atoms with E-state index in [0.717, 1.165) is 0 Å². The fraction of sp³-hybridized carbons (Fsp3) is 0.556. The summed E-state index contributed by atoms with van der Waals surface area (Å²) in [7, 11) is 0. The Labute approximate surface area is 81.7 Å². The molecule has 5 nitrogen and oxygen atoms in total. The highest BCUT2D eigenvalue weighted by Gasteiger charge is 2.43. The Morgan fingerprint density at radius 3 is 2.86 bits per heavy atom. The van der Waals surface area contributed by atoms with Crippen molar-refractivity contribution in [3.05, 3.63) is 12.7 Å². The maximum atomic E-state index is 10.9. The van der Waals surface area contributed by atoms with Gasteiger partial charge in [0.15, 0.2) is 0 Å². The molecule has 1 saturated carbocycles. The van der Waals surface area contributed by atoms with Crippen molar-refractivity contribution in [2.24, 2.45) is 11.8 Å². The van der Waals surface area contributed by atoms with E-state index in [0.29, 0.717) is 13.0 Å². The van der Waals surface area contributed by atoms with Crippen LogP contribution in [0, 0.1) is 11.8 Å². The lowest BCUT2D eigenvalue weighted by Crippen LogP contribution is -2.27. The van der Waals surface area contributed by atoms with Gasteiger partial charge < -0.3 is 15.2 Å². The molecule has 1 aliphatic carbocycles. The number of ether oxygens (including phenoxy) is 1. The zero-order valence-electron chi connectivity index (χ0n) is 7.73. The van der Waals surface area contributed by atoms with Gasteiger partial charge in [-0.1, -0.05) is 12.7 Å². The molecular weight excluding hydrogens is 186 g/mol. The van der Waals surface area contributed by atoms with Crippen LogP contribution in [0.3, 0.4) is 0 Å². The van der Waals surface area contributed by atoms with Crippen molar-refractivity contribution >= 4 is 12.1 Å². The van der Waals surface area contributed by atoms with Crippen molar-refractivity contribution < 1.29 is 19.4 Å². The molecule has 1 rings (SSSR count). The highest BCUT2D eigenvalue weighted by Crippen LogP contribution is 2.37. The van der Waals surface area contributed by atoms with Crippen LogP contribution in [0.25, 0.3) is 0 Å². The van der Waals surface area contributed by atoms with Gasteiger partial charge in [-0.15, -0.1) is 0 Å². The first-order valence-electron chi connectivity index (χ1n) is 4.39. The topological polar surface area (TPSA) is 75.6 Å². The standard InChI is InChI=1S/C9H13NO4/c1-2-3-14-9(13)10-5-6-4-7(6)8(11)12/h2,6-7H,1,3-5H2,(H,10,13)(H,11,12)/t6-,7-/m1/s1. The molecule has 0 saturated heterocycles. The maximum Gasteiger partial charge on any atom is 0.407 e. The van der Waals surface area contributed by atoms with E-state index in [9.17, 15) is 9.59 Å². The second-order valence-corrected chi connectivity index (χ2v) is 3.21. The van der Waals surface area contributed by atoms with Gasteiger partial charge in [0.2, 0.25) is 0 Å². The summed E-state index contributed by atoms with van der Waals surface area (Å²) < 4.78 is 4.65. The Hall–Kier alpha value is -1.52. The monoisotopic (exact) mass is 199 g/mol. The van der Waals surface area contributed by atoms with Crippen LogP contribution in [0.15, 0.2) is 12.7 Å². The van der Waals surface area contributed by atoms with Gasteiger partial charge in [0.05, 0.1) is 5.92 Å². The summed E-state index contributed by atoms with van der Waals surface area (Å²) in [6, 6.07) is 0. The van der Waals surface area contributed by atoms with Gasteiger partial charge in [-0.25, -0.2) is 4.79 Å². The van der Waals surface area contributed by atoms with Gasteiger partial charge in [-0.3, -0.25) is 4.79 Å². The van der Waals surface area contributed by atoms with Gasteiger partial charge >= 0.3 is 12.1 Å². The number of carbonyl (C=O) groups excluding carboxylic acids is 1. The second-order valence-electron chi connectivity index (χ2n) is 3.21. The Bertz CT molecular complexity index is 251. The number of carbonyl (C=O) groups is 2. The van der Waals surface area contributed by atoms with Crippen LogP contribution >= 0.6 is 0 Å². The van der Waals surface area contributed by atoms with Crippen molar-refractivity contribution in [2.45, 2.75) is 6.42 Å². The molecule has 0 bridgehead atoms. The molecule has 2 atom stereocenters. The minimum absolute atomic E-state index is 0.0591. The molecular formula is C9H13NO4. The summed E-state index contributed by atoms with van der Waals surface area (Å²) in [5.41, 5.74) is 0. The van der Waals surface area contributed by atoms with Crippen molar-refractivity contribution in [3.8, 4) is 0 Å². The molecule has 0 aromatic rings. The molecule has 0 aromatic carbocycles. The molecule has 5 heteroatoms. The van der Waals surface area contributed by atoms with Crippen molar-refractivity contribution in [3.63, 3.8) is 0 Å². The van der Waals surface area contributed by atoms with E-state index in [1.807, 2.05) is 0 Å². The zero-order chi connectivity index (χ0) is 10.6. The van der Waals surface area contributed by atoms with E-state index < -0.39 is 12.1 Å². The van der Waals surface area contributed by atoms with Crippen LogP contribution in [0.4, 0.5) is 4.79 Å². The number of carboxylic acids is 1. The van der Waals surface area contributed by atoms with E-state index in [1.165, 1.54) is 6.08 Å². The van der Waals surface area contributed by atoms with Gasteiger partial charge in [-0.2, -0.15) is 0 Å². The van der Waals surface area contributed by atoms with E-state index in [1.54, 1.807) is 0 Å². The minimum atomic E-state index is -0.795. The SMILES string of the molecule is C=CCOC(=O)NC[C@H]1C[C@H]1C(=O)O. The number of rotatable bonds is 5. The van der Waals surface area contributed by atoms with Gasteiger partial charge in [0, 0.05) is 6.54 Å². The molecule has 0 aromatic heterocycles. The number of alkyl carbamates (subject to hydrolysis) is 1. The van der Waals surface area contributed by atoms with Crippen LogP contribution in [0.2, 0.25) is 0 Å². The minimum Gasteiger partial charge on any atom is -0.481 e. The summed E-state index contributed by atoms with van der Waals surface area (Å²) >= 11 is 0. The number of aliphatic carboxylic acids is 1. The third-order valence-corrected chi connectivity index (χ3v) is 2.08. The largest absolute Gasteiger partial charge is 0.481 e. The number of nitrogens with one attached hydrogen (secondary N) is 1. The Kier molecular flexibility index (Phi) is 3.50. The van der Waals surface area contributed by atoms with Crippen LogP contribution in [0.1, 0.15) is 6.42 Å². The molecule has 0 spiro atoms. The highest BCUT2D eigenvalue weighted by atomic mass is 16.5. The molecule has 1 aliphatic rings. The third kappa shape index (κ3) is 3.08. The smallest absolute Gasteiger partial charge is 0.407 e. The normalized spacial score (nSPS) is 23.7. The number of hydrogen-bond donors (Lipinski definition) is 2. The first-order chi connectivity index (χ1) is 6.65. The zero-order valence-corrected chi connectivity index (χ0v) is 7.73. The summed E-state index contributed by atoms with van der Waals surface area (Å²) in [5.74, 6) is -1.03. The van der Waals surface area contributed by atoms with Gasteiger partial charge in [0.25, 0.3) is 0 Å². The molecule has 0 heterocycles. The Morgan fingerprint density at radius 2 is 2.36 bits per heavy atom. The molecule has 1 amide bonds. The Morgan fingerprint density at radius 1 is 1.64 bits per heavy atom. The van der Waals surface area contributed by atoms with E-state index in [-0.39, 0.29) is 18.4 Å². The van der Waals surface area contributed by atoms with E-state index in [2.05, 4.69) is 16.6 Å². The number of amides is 1.